The lowest BCUT2D eigenvalue weighted by molar-refractivity contribution is -0.144. The normalized spacial score (nSPS) is 17.5. The lowest BCUT2D eigenvalue weighted by atomic mass is 9.83. The van der Waals surface area contributed by atoms with Gasteiger partial charge in [0.05, 0.1) is 13.1 Å². The van der Waals surface area contributed by atoms with Crippen LogP contribution >= 0.6 is 0 Å². The molecule has 1 aromatic rings. The van der Waals surface area contributed by atoms with Gasteiger partial charge in [-0.2, -0.15) is 0 Å². The van der Waals surface area contributed by atoms with Crippen LogP contribution in [0.15, 0.2) is 24.3 Å². The molecule has 3 amide bonds. The van der Waals surface area contributed by atoms with Gasteiger partial charge in [0.15, 0.2) is 0 Å². The van der Waals surface area contributed by atoms with Gasteiger partial charge in [-0.3, -0.25) is 14.4 Å². The third-order valence-electron chi connectivity index (χ3n) is 5.81. The van der Waals surface area contributed by atoms with Crippen LogP contribution in [0.1, 0.15) is 56.9 Å². The second kappa shape index (κ2) is 9.71. The molecular formula is C22H31N3O3. The first-order chi connectivity index (χ1) is 13.5. The lowest BCUT2D eigenvalue weighted by Crippen LogP contribution is -2.50. The van der Waals surface area contributed by atoms with Crippen molar-refractivity contribution in [2.75, 3.05) is 18.4 Å². The maximum atomic E-state index is 12.8. The van der Waals surface area contributed by atoms with Crippen LogP contribution in [0, 0.1) is 12.8 Å². The van der Waals surface area contributed by atoms with Crippen LogP contribution in [-0.2, 0) is 14.4 Å². The van der Waals surface area contributed by atoms with Gasteiger partial charge in [-0.1, -0.05) is 37.8 Å². The number of benzene rings is 1. The van der Waals surface area contributed by atoms with Crippen LogP contribution in [0.5, 0.6) is 0 Å². The summed E-state index contributed by atoms with van der Waals surface area (Å²) in [5.74, 6) is -0.331. The molecule has 2 fully saturated rings. The van der Waals surface area contributed by atoms with Crippen molar-refractivity contribution in [1.82, 2.24) is 10.2 Å². The average molecular weight is 386 g/mol. The Balaban J connectivity index is 1.51. The van der Waals surface area contributed by atoms with E-state index in [4.69, 9.17) is 0 Å². The summed E-state index contributed by atoms with van der Waals surface area (Å²) in [4.78, 5) is 39.2. The Kier molecular flexibility index (Phi) is 7.06. The van der Waals surface area contributed by atoms with E-state index in [1.165, 1.54) is 6.42 Å². The highest BCUT2D eigenvalue weighted by Gasteiger charge is 2.34. The Morgan fingerprint density at radius 1 is 1.00 bits per heavy atom. The van der Waals surface area contributed by atoms with E-state index in [-0.39, 0.29) is 42.8 Å². The summed E-state index contributed by atoms with van der Waals surface area (Å²) in [7, 11) is 0. The van der Waals surface area contributed by atoms with E-state index in [0.29, 0.717) is 5.69 Å². The van der Waals surface area contributed by atoms with E-state index in [1.807, 2.05) is 31.2 Å². The van der Waals surface area contributed by atoms with Crippen molar-refractivity contribution in [3.8, 4) is 0 Å². The molecule has 1 aromatic carbocycles. The molecule has 0 spiro atoms. The Hall–Kier alpha value is -2.37. The fraction of sp³-hybridized carbons (Fsp3) is 0.591. The molecule has 0 saturated heterocycles. The van der Waals surface area contributed by atoms with Crippen molar-refractivity contribution >= 4 is 23.4 Å². The second-order valence-electron chi connectivity index (χ2n) is 8.08. The fourth-order valence-corrected chi connectivity index (χ4v) is 3.99. The molecule has 2 saturated carbocycles. The summed E-state index contributed by atoms with van der Waals surface area (Å²) >= 11 is 0. The van der Waals surface area contributed by atoms with E-state index >= 15 is 0 Å². The highest BCUT2D eigenvalue weighted by molar-refractivity contribution is 5.95. The number of aryl methyl sites for hydroxylation is 1. The van der Waals surface area contributed by atoms with Crippen LogP contribution in [0.3, 0.4) is 0 Å². The number of nitrogens with one attached hydrogen (secondary N) is 2. The second-order valence-corrected chi connectivity index (χ2v) is 8.08. The molecule has 2 N–H and O–H groups in total. The molecule has 0 heterocycles. The Labute approximate surface area is 167 Å². The van der Waals surface area contributed by atoms with E-state index in [1.54, 1.807) is 4.90 Å². The third-order valence-corrected chi connectivity index (χ3v) is 5.81. The molecule has 0 atom stereocenters. The maximum Gasteiger partial charge on any atom is 0.243 e. The molecular weight excluding hydrogens is 354 g/mol. The summed E-state index contributed by atoms with van der Waals surface area (Å²) in [6.07, 6.45) is 8.33. The number of hydrogen-bond donors (Lipinski definition) is 2. The van der Waals surface area contributed by atoms with Gasteiger partial charge in [0, 0.05) is 17.6 Å². The minimum Gasteiger partial charge on any atom is -0.345 e. The largest absolute Gasteiger partial charge is 0.345 e. The molecule has 3 rings (SSSR count). The number of rotatable bonds is 7. The highest BCUT2D eigenvalue weighted by Crippen LogP contribution is 2.31. The first-order valence-electron chi connectivity index (χ1n) is 10.5. The van der Waals surface area contributed by atoms with E-state index in [2.05, 4.69) is 10.6 Å². The zero-order chi connectivity index (χ0) is 19.9. The molecule has 28 heavy (non-hydrogen) atoms. The van der Waals surface area contributed by atoms with Gasteiger partial charge >= 0.3 is 0 Å². The minimum absolute atomic E-state index is 0.0533. The van der Waals surface area contributed by atoms with Crippen molar-refractivity contribution in [3.05, 3.63) is 29.8 Å². The maximum absolute atomic E-state index is 12.8. The monoisotopic (exact) mass is 385 g/mol. The van der Waals surface area contributed by atoms with Gasteiger partial charge in [-0.05, 0) is 50.3 Å². The van der Waals surface area contributed by atoms with Crippen molar-refractivity contribution < 1.29 is 14.4 Å². The van der Waals surface area contributed by atoms with E-state index in [0.717, 1.165) is 50.5 Å². The predicted octanol–water partition coefficient (Wildman–Crippen LogP) is 3.01. The number of carbonyl (C=O) groups excluding carboxylic acids is 3. The molecule has 6 nitrogen and oxygen atoms in total. The average Bonchev–Trinajstić information content (AvgIpc) is 2.63. The molecule has 0 bridgehead atoms. The first kappa shape index (κ1) is 20.4. The smallest absolute Gasteiger partial charge is 0.243 e. The number of anilines is 1. The SMILES string of the molecule is Cc1cccc(NC(=O)CNC(=O)CN(C(=O)C2CCC2)C2CCCCC2)c1. The van der Waals surface area contributed by atoms with Crippen LogP contribution in [0.25, 0.3) is 0 Å². The first-order valence-corrected chi connectivity index (χ1v) is 10.5. The molecule has 152 valence electrons. The Bertz CT molecular complexity index is 709. The minimum atomic E-state index is -0.270. The van der Waals surface area contributed by atoms with Crippen LogP contribution in [-0.4, -0.2) is 41.8 Å². The van der Waals surface area contributed by atoms with E-state index < -0.39 is 0 Å². The highest BCUT2D eigenvalue weighted by atomic mass is 16.2. The van der Waals surface area contributed by atoms with Crippen LogP contribution < -0.4 is 10.6 Å². The molecule has 2 aliphatic rings. The topological polar surface area (TPSA) is 78.5 Å². The van der Waals surface area contributed by atoms with Gasteiger partial charge < -0.3 is 15.5 Å². The molecule has 6 heteroatoms. The van der Waals surface area contributed by atoms with Gasteiger partial charge in [-0.15, -0.1) is 0 Å². The zero-order valence-electron chi connectivity index (χ0n) is 16.7. The predicted molar refractivity (Wildman–Crippen MR) is 109 cm³/mol. The number of hydrogen-bond acceptors (Lipinski definition) is 3. The number of amides is 3. The van der Waals surface area contributed by atoms with Gasteiger partial charge in [0.2, 0.25) is 17.7 Å². The molecule has 2 aliphatic carbocycles. The summed E-state index contributed by atoms with van der Waals surface area (Å²) in [6.45, 7) is 1.91. The number of carbonyl (C=O) groups is 3. The van der Waals surface area contributed by atoms with Crippen molar-refractivity contribution in [2.24, 2.45) is 5.92 Å². The van der Waals surface area contributed by atoms with Crippen molar-refractivity contribution in [2.45, 2.75) is 64.3 Å². The molecule has 0 radical (unpaired) electrons. The Morgan fingerprint density at radius 3 is 2.39 bits per heavy atom. The summed E-state index contributed by atoms with van der Waals surface area (Å²) in [5, 5.41) is 5.45. The van der Waals surface area contributed by atoms with Crippen LogP contribution in [0.4, 0.5) is 5.69 Å². The summed E-state index contributed by atoms with van der Waals surface area (Å²) in [5.41, 5.74) is 1.77. The quantitative estimate of drug-likeness (QED) is 0.757. The summed E-state index contributed by atoms with van der Waals surface area (Å²) in [6, 6.07) is 7.68. The zero-order valence-corrected chi connectivity index (χ0v) is 16.7. The molecule has 0 aliphatic heterocycles. The molecule has 0 aromatic heterocycles. The summed E-state index contributed by atoms with van der Waals surface area (Å²) < 4.78 is 0. The van der Waals surface area contributed by atoms with E-state index in [9.17, 15) is 14.4 Å². The third kappa shape index (κ3) is 5.57. The molecule has 0 unspecified atom stereocenters. The van der Waals surface area contributed by atoms with Gasteiger partial charge in [-0.25, -0.2) is 0 Å². The fourth-order valence-electron chi connectivity index (χ4n) is 3.99. The lowest BCUT2D eigenvalue weighted by Gasteiger charge is -2.38. The van der Waals surface area contributed by atoms with Crippen molar-refractivity contribution in [3.63, 3.8) is 0 Å². The van der Waals surface area contributed by atoms with Crippen LogP contribution in [0.2, 0.25) is 0 Å². The van der Waals surface area contributed by atoms with Crippen molar-refractivity contribution in [1.29, 1.82) is 0 Å². The van der Waals surface area contributed by atoms with Gasteiger partial charge in [0.1, 0.15) is 0 Å². The standard InChI is InChI=1S/C22H31N3O3/c1-16-7-5-10-18(13-16)24-20(26)14-23-21(27)15-25(19-11-3-2-4-12-19)22(28)17-8-6-9-17/h5,7,10,13,17,19H,2-4,6,8-9,11-12,14-15H2,1H3,(H,23,27)(H,24,26). The number of nitrogens with zero attached hydrogens (tertiary/aromatic N) is 1. The Morgan fingerprint density at radius 2 is 1.75 bits per heavy atom. The van der Waals surface area contributed by atoms with Gasteiger partial charge in [0.25, 0.3) is 0 Å².